The zero-order valence-electron chi connectivity index (χ0n) is 9.57. The molecule has 19 heavy (non-hydrogen) atoms. The van der Waals surface area contributed by atoms with Crippen molar-refractivity contribution in [2.75, 3.05) is 7.05 Å². The van der Waals surface area contributed by atoms with Crippen LogP contribution in [-0.4, -0.2) is 25.4 Å². The van der Waals surface area contributed by atoms with E-state index in [-0.39, 0.29) is 0 Å². The molecule has 110 valence electrons. The molecule has 0 aliphatic rings. The van der Waals surface area contributed by atoms with Gasteiger partial charge in [0.15, 0.2) is 5.92 Å². The second-order valence-corrected chi connectivity index (χ2v) is 5.67. The molecule has 0 bridgehead atoms. The van der Waals surface area contributed by atoms with Crippen LogP contribution in [0, 0.1) is 5.92 Å². The molecule has 0 radical (unpaired) electrons. The van der Waals surface area contributed by atoms with Crippen LogP contribution in [0.4, 0.5) is 26.3 Å². The Kier molecular flexibility index (Phi) is 5.14. The van der Waals surface area contributed by atoms with Gasteiger partial charge >= 0.3 is 12.4 Å². The van der Waals surface area contributed by atoms with Crippen LogP contribution >= 0.6 is 22.9 Å². The predicted molar refractivity (Wildman–Crippen MR) is 61.5 cm³/mol. The third kappa shape index (κ3) is 4.54. The van der Waals surface area contributed by atoms with Gasteiger partial charge in [0.2, 0.25) is 0 Å². The monoisotopic (exact) mass is 325 g/mol. The van der Waals surface area contributed by atoms with E-state index in [0.29, 0.717) is 9.21 Å². The SMILES string of the molecule is CNC(Cc1ccc(Cl)s1)C(C(F)(F)F)C(F)(F)F. The van der Waals surface area contributed by atoms with E-state index in [4.69, 9.17) is 11.6 Å². The van der Waals surface area contributed by atoms with Crippen molar-refractivity contribution in [3.8, 4) is 0 Å². The Labute approximate surface area is 114 Å². The highest BCUT2D eigenvalue weighted by molar-refractivity contribution is 7.16. The quantitative estimate of drug-likeness (QED) is 0.815. The lowest BCUT2D eigenvalue weighted by Gasteiger charge is -2.30. The number of hydrogen-bond acceptors (Lipinski definition) is 2. The van der Waals surface area contributed by atoms with Gasteiger partial charge in [0, 0.05) is 10.9 Å². The van der Waals surface area contributed by atoms with Crippen LogP contribution < -0.4 is 5.32 Å². The van der Waals surface area contributed by atoms with Gasteiger partial charge in [0.25, 0.3) is 0 Å². The van der Waals surface area contributed by atoms with Crippen LogP contribution in [0.15, 0.2) is 12.1 Å². The van der Waals surface area contributed by atoms with Crippen LogP contribution in [-0.2, 0) is 6.42 Å². The van der Waals surface area contributed by atoms with Gasteiger partial charge in [-0.25, -0.2) is 0 Å². The summed E-state index contributed by atoms with van der Waals surface area (Å²) in [6.07, 6.45) is -11.1. The number of hydrogen-bond donors (Lipinski definition) is 1. The van der Waals surface area contributed by atoms with Crippen molar-refractivity contribution in [1.29, 1.82) is 0 Å². The van der Waals surface area contributed by atoms with Crippen LogP contribution in [0.5, 0.6) is 0 Å². The van der Waals surface area contributed by atoms with E-state index in [2.05, 4.69) is 5.32 Å². The van der Waals surface area contributed by atoms with Gasteiger partial charge in [0.05, 0.1) is 4.34 Å². The lowest BCUT2D eigenvalue weighted by Crippen LogP contribution is -2.50. The maximum absolute atomic E-state index is 12.6. The molecule has 1 unspecified atom stereocenters. The molecule has 1 atom stereocenters. The van der Waals surface area contributed by atoms with Crippen LogP contribution in [0.2, 0.25) is 4.34 Å². The molecular weight excluding hydrogens is 316 g/mol. The van der Waals surface area contributed by atoms with Gasteiger partial charge in [-0.3, -0.25) is 0 Å². The number of alkyl halides is 6. The molecule has 0 aliphatic heterocycles. The standard InChI is InChI=1S/C10H10ClF6NS/c1-18-6(4-5-2-3-7(11)19-5)8(9(12,13)14)10(15,16)17/h2-3,6,8,18H,4H2,1H3. The second kappa shape index (κ2) is 5.88. The first kappa shape index (κ1) is 16.6. The second-order valence-electron chi connectivity index (χ2n) is 3.87. The minimum absolute atomic E-state index is 0.320. The third-order valence-electron chi connectivity index (χ3n) is 2.53. The summed E-state index contributed by atoms with van der Waals surface area (Å²) in [6.45, 7) is 0. The van der Waals surface area contributed by atoms with Crippen molar-refractivity contribution >= 4 is 22.9 Å². The molecule has 0 aromatic carbocycles. The Bertz CT molecular complexity index is 399. The fourth-order valence-corrected chi connectivity index (χ4v) is 2.85. The van der Waals surface area contributed by atoms with Crippen molar-refractivity contribution in [1.82, 2.24) is 5.32 Å². The van der Waals surface area contributed by atoms with Crippen molar-refractivity contribution in [2.24, 2.45) is 5.92 Å². The van der Waals surface area contributed by atoms with Gasteiger partial charge in [-0.2, -0.15) is 26.3 Å². The highest BCUT2D eigenvalue weighted by Gasteiger charge is 2.59. The molecule has 1 rings (SSSR count). The van der Waals surface area contributed by atoms with E-state index in [0.717, 1.165) is 18.4 Å². The van der Waals surface area contributed by atoms with Gasteiger partial charge in [0.1, 0.15) is 0 Å². The molecule has 1 aromatic heterocycles. The molecule has 9 heteroatoms. The zero-order valence-corrected chi connectivity index (χ0v) is 11.1. The molecule has 0 saturated heterocycles. The van der Waals surface area contributed by atoms with Gasteiger partial charge in [-0.1, -0.05) is 11.6 Å². The first-order chi connectivity index (χ1) is 8.55. The lowest BCUT2D eigenvalue weighted by molar-refractivity contribution is -0.291. The predicted octanol–water partition coefficient (Wildman–Crippen LogP) is 4.27. The minimum Gasteiger partial charge on any atom is -0.316 e. The summed E-state index contributed by atoms with van der Waals surface area (Å²) in [7, 11) is 1.07. The smallest absolute Gasteiger partial charge is 0.316 e. The van der Waals surface area contributed by atoms with Crippen LogP contribution in [0.25, 0.3) is 0 Å². The van der Waals surface area contributed by atoms with E-state index in [9.17, 15) is 26.3 Å². The molecule has 1 N–H and O–H groups in total. The molecule has 0 amide bonds. The fourth-order valence-electron chi connectivity index (χ4n) is 1.71. The zero-order chi connectivity index (χ0) is 14.8. The minimum atomic E-state index is -5.35. The lowest BCUT2D eigenvalue weighted by atomic mass is 9.95. The summed E-state index contributed by atoms with van der Waals surface area (Å²) in [5, 5.41) is 2.10. The summed E-state index contributed by atoms with van der Waals surface area (Å²) in [6, 6.07) is 1.07. The molecule has 1 heterocycles. The maximum atomic E-state index is 12.6. The Balaban J connectivity index is 2.97. The summed E-state index contributed by atoms with van der Waals surface area (Å²) in [5.74, 6) is -3.41. The molecule has 0 spiro atoms. The van der Waals surface area contributed by atoms with E-state index >= 15 is 0 Å². The number of halogens is 7. The fraction of sp³-hybridized carbons (Fsp3) is 0.600. The van der Waals surface area contributed by atoms with E-state index in [1.807, 2.05) is 0 Å². The topological polar surface area (TPSA) is 12.0 Å². The van der Waals surface area contributed by atoms with E-state index in [1.165, 1.54) is 12.1 Å². The number of nitrogens with one attached hydrogen (secondary N) is 1. The molecular formula is C10H10ClF6NS. The number of rotatable bonds is 4. The molecule has 0 aliphatic carbocycles. The van der Waals surface area contributed by atoms with Crippen LogP contribution in [0.1, 0.15) is 4.88 Å². The molecule has 0 fully saturated rings. The normalized spacial score (nSPS) is 15.0. The summed E-state index contributed by atoms with van der Waals surface area (Å²) in [4.78, 5) is 0.364. The summed E-state index contributed by atoms with van der Waals surface area (Å²) < 4.78 is 75.8. The summed E-state index contributed by atoms with van der Waals surface area (Å²) >= 11 is 6.56. The Morgan fingerprint density at radius 2 is 1.68 bits per heavy atom. The van der Waals surface area contributed by atoms with Gasteiger partial charge in [-0.05, 0) is 25.6 Å². The molecule has 1 nitrogen and oxygen atoms in total. The highest BCUT2D eigenvalue weighted by Crippen LogP contribution is 2.42. The Morgan fingerprint density at radius 1 is 1.16 bits per heavy atom. The highest BCUT2D eigenvalue weighted by atomic mass is 35.5. The number of likely N-dealkylation sites (N-methyl/N-ethyl adjacent to an activating group) is 1. The van der Waals surface area contributed by atoms with E-state index in [1.54, 1.807) is 0 Å². The van der Waals surface area contributed by atoms with Crippen molar-refractivity contribution < 1.29 is 26.3 Å². The summed E-state index contributed by atoms with van der Waals surface area (Å²) in [5.41, 5.74) is 0. The van der Waals surface area contributed by atoms with Gasteiger partial charge in [-0.15, -0.1) is 11.3 Å². The Morgan fingerprint density at radius 3 is 2.00 bits per heavy atom. The largest absolute Gasteiger partial charge is 0.402 e. The van der Waals surface area contributed by atoms with Crippen molar-refractivity contribution in [3.05, 3.63) is 21.3 Å². The van der Waals surface area contributed by atoms with Crippen molar-refractivity contribution in [3.63, 3.8) is 0 Å². The van der Waals surface area contributed by atoms with Crippen molar-refractivity contribution in [2.45, 2.75) is 24.8 Å². The number of thiophene rings is 1. The third-order valence-corrected chi connectivity index (χ3v) is 3.78. The first-order valence-corrected chi connectivity index (χ1v) is 6.30. The molecule has 1 aromatic rings. The van der Waals surface area contributed by atoms with Crippen LogP contribution in [0.3, 0.4) is 0 Å². The Hall–Kier alpha value is -0.470. The maximum Gasteiger partial charge on any atom is 0.402 e. The average molecular weight is 326 g/mol. The molecule has 0 saturated carbocycles. The average Bonchev–Trinajstić information content (AvgIpc) is 2.58. The van der Waals surface area contributed by atoms with E-state index < -0.39 is 30.7 Å². The first-order valence-electron chi connectivity index (χ1n) is 5.10. The van der Waals surface area contributed by atoms with Gasteiger partial charge < -0.3 is 5.32 Å².